The molecule has 2 rings (SSSR count). The lowest BCUT2D eigenvalue weighted by Gasteiger charge is -2.13. The van der Waals surface area contributed by atoms with Crippen LogP contribution in [0.5, 0.6) is 0 Å². The molecular formula is C14H20N2O2. The Hall–Kier alpha value is -1.55. The zero-order valence-corrected chi connectivity index (χ0v) is 11.0. The minimum Gasteiger partial charge on any atom is -0.385 e. The van der Waals surface area contributed by atoms with E-state index < -0.39 is 0 Å². The van der Waals surface area contributed by atoms with Crippen LogP contribution in [-0.4, -0.2) is 25.7 Å². The van der Waals surface area contributed by atoms with Crippen molar-refractivity contribution in [1.29, 1.82) is 0 Å². The molecule has 1 atom stereocenters. The summed E-state index contributed by atoms with van der Waals surface area (Å²) in [6, 6.07) is 6.03. The largest absolute Gasteiger partial charge is 0.385 e. The highest BCUT2D eigenvalue weighted by Gasteiger charge is 2.15. The number of amides is 1. The van der Waals surface area contributed by atoms with Gasteiger partial charge in [-0.1, -0.05) is 6.07 Å². The van der Waals surface area contributed by atoms with Crippen LogP contribution in [0, 0.1) is 12.8 Å². The normalized spacial score (nSPS) is 18.7. The number of rotatable bonds is 4. The average molecular weight is 248 g/mol. The fourth-order valence-electron chi connectivity index (χ4n) is 2.06. The Balaban J connectivity index is 1.97. The summed E-state index contributed by atoms with van der Waals surface area (Å²) in [6.45, 7) is 6.15. The molecule has 1 heterocycles. The van der Waals surface area contributed by atoms with Gasteiger partial charge < -0.3 is 15.4 Å². The first-order chi connectivity index (χ1) is 8.65. The number of aryl methyl sites for hydroxylation is 1. The summed E-state index contributed by atoms with van der Waals surface area (Å²) < 4.78 is 5.34. The van der Waals surface area contributed by atoms with Crippen LogP contribution in [-0.2, 0) is 9.53 Å². The number of benzene rings is 1. The van der Waals surface area contributed by atoms with E-state index in [9.17, 15) is 4.79 Å². The molecule has 1 saturated heterocycles. The first kappa shape index (κ1) is 12.9. The molecule has 1 aliphatic heterocycles. The van der Waals surface area contributed by atoms with Crippen molar-refractivity contribution in [3.63, 3.8) is 0 Å². The van der Waals surface area contributed by atoms with Gasteiger partial charge in [0.25, 0.3) is 0 Å². The molecule has 4 heteroatoms. The molecule has 1 aromatic rings. The smallest absolute Gasteiger partial charge is 0.221 e. The van der Waals surface area contributed by atoms with Crippen LogP contribution < -0.4 is 10.6 Å². The van der Waals surface area contributed by atoms with Gasteiger partial charge in [-0.2, -0.15) is 0 Å². The van der Waals surface area contributed by atoms with Crippen molar-refractivity contribution in [2.45, 2.75) is 20.3 Å². The monoisotopic (exact) mass is 248 g/mol. The second-order valence-corrected chi connectivity index (χ2v) is 4.82. The fraction of sp³-hybridized carbons (Fsp3) is 0.500. The molecule has 4 nitrogen and oxygen atoms in total. The zero-order valence-electron chi connectivity index (χ0n) is 11.0. The second kappa shape index (κ2) is 5.87. The van der Waals surface area contributed by atoms with Crippen molar-refractivity contribution < 1.29 is 9.53 Å². The minimum absolute atomic E-state index is 0.0422. The lowest BCUT2D eigenvalue weighted by Crippen LogP contribution is -2.14. The van der Waals surface area contributed by atoms with Crippen molar-refractivity contribution in [3.05, 3.63) is 23.8 Å². The SMILES string of the molecule is CC(=O)Nc1cc(NCC2CCOC2)ccc1C. The van der Waals surface area contributed by atoms with E-state index in [0.29, 0.717) is 5.92 Å². The van der Waals surface area contributed by atoms with E-state index in [1.54, 1.807) is 0 Å². The quantitative estimate of drug-likeness (QED) is 0.860. The molecule has 1 aliphatic rings. The van der Waals surface area contributed by atoms with Crippen LogP contribution in [0.2, 0.25) is 0 Å². The highest BCUT2D eigenvalue weighted by Crippen LogP contribution is 2.21. The Morgan fingerprint density at radius 1 is 1.50 bits per heavy atom. The molecule has 0 spiro atoms. The molecule has 0 radical (unpaired) electrons. The molecule has 1 unspecified atom stereocenters. The maximum atomic E-state index is 11.1. The number of hydrogen-bond donors (Lipinski definition) is 2. The molecular weight excluding hydrogens is 228 g/mol. The number of nitrogens with one attached hydrogen (secondary N) is 2. The van der Waals surface area contributed by atoms with Crippen molar-refractivity contribution >= 4 is 17.3 Å². The minimum atomic E-state index is -0.0422. The Labute approximate surface area is 108 Å². The number of ether oxygens (including phenoxy) is 1. The molecule has 2 N–H and O–H groups in total. The third-order valence-electron chi connectivity index (χ3n) is 3.17. The van der Waals surface area contributed by atoms with E-state index in [1.807, 2.05) is 25.1 Å². The summed E-state index contributed by atoms with van der Waals surface area (Å²) in [7, 11) is 0. The lowest BCUT2D eigenvalue weighted by molar-refractivity contribution is -0.114. The Morgan fingerprint density at radius 3 is 3.00 bits per heavy atom. The van der Waals surface area contributed by atoms with E-state index in [-0.39, 0.29) is 5.91 Å². The molecule has 0 aliphatic carbocycles. The van der Waals surface area contributed by atoms with Crippen molar-refractivity contribution in [3.8, 4) is 0 Å². The summed E-state index contributed by atoms with van der Waals surface area (Å²) in [5.41, 5.74) is 2.98. The molecule has 1 amide bonds. The maximum Gasteiger partial charge on any atom is 0.221 e. The number of carbonyl (C=O) groups is 1. The highest BCUT2D eigenvalue weighted by molar-refractivity contribution is 5.90. The summed E-state index contributed by atoms with van der Waals surface area (Å²) >= 11 is 0. The first-order valence-corrected chi connectivity index (χ1v) is 6.35. The highest BCUT2D eigenvalue weighted by atomic mass is 16.5. The summed E-state index contributed by atoms with van der Waals surface area (Å²) in [5.74, 6) is 0.551. The Kier molecular flexibility index (Phi) is 4.20. The van der Waals surface area contributed by atoms with Crippen LogP contribution in [0.15, 0.2) is 18.2 Å². The van der Waals surface area contributed by atoms with Gasteiger partial charge in [0.1, 0.15) is 0 Å². The van der Waals surface area contributed by atoms with Crippen LogP contribution in [0.4, 0.5) is 11.4 Å². The average Bonchev–Trinajstić information content (AvgIpc) is 2.82. The third-order valence-corrected chi connectivity index (χ3v) is 3.17. The molecule has 1 fully saturated rings. The van der Waals surface area contributed by atoms with Gasteiger partial charge >= 0.3 is 0 Å². The van der Waals surface area contributed by atoms with Gasteiger partial charge in [-0.05, 0) is 31.0 Å². The maximum absolute atomic E-state index is 11.1. The molecule has 0 bridgehead atoms. The van der Waals surface area contributed by atoms with Gasteiger partial charge in [0.15, 0.2) is 0 Å². The van der Waals surface area contributed by atoms with Gasteiger partial charge in [0.05, 0.1) is 6.61 Å². The summed E-state index contributed by atoms with van der Waals surface area (Å²) in [4.78, 5) is 11.1. The first-order valence-electron chi connectivity index (χ1n) is 6.35. The van der Waals surface area contributed by atoms with E-state index in [1.165, 1.54) is 6.92 Å². The van der Waals surface area contributed by atoms with Crippen molar-refractivity contribution in [1.82, 2.24) is 0 Å². The van der Waals surface area contributed by atoms with Gasteiger partial charge in [-0.25, -0.2) is 0 Å². The molecule has 1 aromatic carbocycles. The number of hydrogen-bond acceptors (Lipinski definition) is 3. The standard InChI is InChI=1S/C14H20N2O2/c1-10-3-4-13(7-14(10)16-11(2)17)15-8-12-5-6-18-9-12/h3-4,7,12,15H,5-6,8-9H2,1-2H3,(H,16,17). The van der Waals surface area contributed by atoms with Gasteiger partial charge in [-0.3, -0.25) is 4.79 Å². The van der Waals surface area contributed by atoms with Crippen LogP contribution in [0.25, 0.3) is 0 Å². The van der Waals surface area contributed by atoms with Crippen LogP contribution in [0.3, 0.4) is 0 Å². The van der Waals surface area contributed by atoms with Crippen LogP contribution >= 0.6 is 0 Å². The third kappa shape index (κ3) is 3.47. The van der Waals surface area contributed by atoms with E-state index in [0.717, 1.165) is 43.1 Å². The summed E-state index contributed by atoms with van der Waals surface area (Å²) in [5, 5.41) is 6.23. The zero-order chi connectivity index (χ0) is 13.0. The van der Waals surface area contributed by atoms with Crippen molar-refractivity contribution in [2.75, 3.05) is 30.4 Å². The van der Waals surface area contributed by atoms with Crippen molar-refractivity contribution in [2.24, 2.45) is 5.92 Å². The van der Waals surface area contributed by atoms with Gasteiger partial charge in [-0.15, -0.1) is 0 Å². The van der Waals surface area contributed by atoms with Crippen LogP contribution in [0.1, 0.15) is 18.9 Å². The predicted octanol–water partition coefficient (Wildman–Crippen LogP) is 2.40. The lowest BCUT2D eigenvalue weighted by atomic mass is 10.1. The van der Waals surface area contributed by atoms with Gasteiger partial charge in [0.2, 0.25) is 5.91 Å². The van der Waals surface area contributed by atoms with E-state index in [2.05, 4.69) is 10.6 Å². The summed E-state index contributed by atoms with van der Waals surface area (Å²) in [6.07, 6.45) is 1.12. The second-order valence-electron chi connectivity index (χ2n) is 4.82. The molecule has 98 valence electrons. The van der Waals surface area contributed by atoms with Gasteiger partial charge in [0, 0.05) is 37.4 Å². The Morgan fingerprint density at radius 2 is 2.33 bits per heavy atom. The molecule has 18 heavy (non-hydrogen) atoms. The number of anilines is 2. The predicted molar refractivity (Wildman–Crippen MR) is 72.9 cm³/mol. The Bertz CT molecular complexity index is 426. The topological polar surface area (TPSA) is 50.4 Å². The fourth-order valence-corrected chi connectivity index (χ4v) is 2.06. The van der Waals surface area contributed by atoms with E-state index in [4.69, 9.17) is 4.74 Å². The van der Waals surface area contributed by atoms with E-state index >= 15 is 0 Å². The molecule has 0 aromatic heterocycles. The molecule has 0 saturated carbocycles. The number of carbonyl (C=O) groups excluding carboxylic acids is 1.